The van der Waals surface area contributed by atoms with Gasteiger partial charge in [0, 0.05) is 25.3 Å². The van der Waals surface area contributed by atoms with Gasteiger partial charge < -0.3 is 10.6 Å². The number of rotatable bonds is 4. The van der Waals surface area contributed by atoms with Crippen LogP contribution in [0.2, 0.25) is 0 Å². The summed E-state index contributed by atoms with van der Waals surface area (Å²) in [4.78, 5) is 10.9. The Bertz CT molecular complexity index is 1060. The number of fused-ring (bicyclic) bond motifs is 1. The number of nitrogens with zero attached hydrogens (tertiary/aromatic N) is 4. The summed E-state index contributed by atoms with van der Waals surface area (Å²) in [6, 6.07) is 9.09. The van der Waals surface area contributed by atoms with Crippen molar-refractivity contribution in [2.75, 3.05) is 11.9 Å². The van der Waals surface area contributed by atoms with Gasteiger partial charge in [0.25, 0.3) is 10.0 Å². The largest absolute Gasteiger partial charge is 0.356 e. The highest BCUT2D eigenvalue weighted by Gasteiger charge is 2.31. The topological polar surface area (TPSA) is 94.1 Å². The highest BCUT2D eigenvalue weighted by molar-refractivity contribution is 7.90. The third-order valence-electron chi connectivity index (χ3n) is 5.04. The molecule has 0 radical (unpaired) electrons. The highest BCUT2D eigenvalue weighted by atomic mass is 35.5. The van der Waals surface area contributed by atoms with Gasteiger partial charge >= 0.3 is 0 Å². The molecule has 0 spiro atoms. The minimum atomic E-state index is -3.71. The van der Waals surface area contributed by atoms with Crippen molar-refractivity contribution in [1.82, 2.24) is 13.9 Å². The lowest BCUT2D eigenvalue weighted by Gasteiger charge is -2.40. The van der Waals surface area contributed by atoms with Crippen molar-refractivity contribution in [1.29, 1.82) is 0 Å². The fourth-order valence-electron chi connectivity index (χ4n) is 3.33. The summed E-state index contributed by atoms with van der Waals surface area (Å²) >= 11 is 0. The summed E-state index contributed by atoms with van der Waals surface area (Å²) in [6.07, 6.45) is 4.76. The standard InChI is InChI=1S/C18H21N5O2S.2ClH/c1-12-3-5-15(6-4-12)26(24,25)23-8-7-16-17(20-11-21-18(16)23)22(2)14-9-13(19)10-14;;/h3-8,11,13-14H,9-10,19H2,1-2H3;2*1H/t13-,14+;;. The molecule has 3 aromatic rings. The van der Waals surface area contributed by atoms with Crippen LogP contribution in [0.1, 0.15) is 18.4 Å². The molecule has 2 aromatic heterocycles. The SMILES string of the molecule is Cc1ccc(S(=O)(=O)n2ccc3c(N(C)[C@H]4C[C@@H](N)C4)ncnc32)cc1.Cl.Cl. The molecule has 7 nitrogen and oxygen atoms in total. The number of hydrogen-bond donors (Lipinski definition) is 1. The van der Waals surface area contributed by atoms with Crippen LogP contribution in [0.15, 0.2) is 47.8 Å². The number of benzene rings is 1. The van der Waals surface area contributed by atoms with E-state index in [0.29, 0.717) is 17.1 Å². The number of anilines is 1. The van der Waals surface area contributed by atoms with Crippen LogP contribution in [0.5, 0.6) is 0 Å². The quantitative estimate of drug-likeness (QED) is 0.665. The molecule has 1 aliphatic carbocycles. The van der Waals surface area contributed by atoms with Crippen LogP contribution < -0.4 is 10.6 Å². The third-order valence-corrected chi connectivity index (χ3v) is 6.72. The Morgan fingerprint density at radius 1 is 1.11 bits per heavy atom. The second-order valence-electron chi connectivity index (χ2n) is 6.86. The molecule has 0 aliphatic heterocycles. The summed E-state index contributed by atoms with van der Waals surface area (Å²) in [7, 11) is -1.75. The second-order valence-corrected chi connectivity index (χ2v) is 8.68. The van der Waals surface area contributed by atoms with Crippen molar-refractivity contribution in [3.63, 3.8) is 0 Å². The zero-order chi connectivity index (χ0) is 18.5. The average molecular weight is 444 g/mol. The first-order valence-electron chi connectivity index (χ1n) is 8.50. The second kappa shape index (κ2) is 8.24. The predicted octanol–water partition coefficient (Wildman–Crippen LogP) is 2.75. The molecule has 0 unspecified atom stereocenters. The molecule has 152 valence electrons. The summed E-state index contributed by atoms with van der Waals surface area (Å²) in [5.41, 5.74) is 7.28. The van der Waals surface area contributed by atoms with E-state index in [4.69, 9.17) is 5.73 Å². The number of aryl methyl sites for hydroxylation is 1. The smallest absolute Gasteiger partial charge is 0.269 e. The molecular formula is C18H23Cl2N5O2S. The van der Waals surface area contributed by atoms with Crippen molar-refractivity contribution >= 4 is 51.7 Å². The van der Waals surface area contributed by atoms with Gasteiger partial charge in [-0.15, -0.1) is 24.8 Å². The molecule has 1 aliphatic rings. The lowest BCUT2D eigenvalue weighted by Crippen LogP contribution is -2.49. The highest BCUT2D eigenvalue weighted by Crippen LogP contribution is 2.31. The van der Waals surface area contributed by atoms with E-state index in [1.165, 1.54) is 10.3 Å². The minimum Gasteiger partial charge on any atom is -0.356 e. The van der Waals surface area contributed by atoms with Gasteiger partial charge in [0.1, 0.15) is 12.1 Å². The van der Waals surface area contributed by atoms with E-state index in [-0.39, 0.29) is 35.8 Å². The first-order valence-corrected chi connectivity index (χ1v) is 9.94. The fourth-order valence-corrected chi connectivity index (χ4v) is 4.63. The Kier molecular flexibility index (Phi) is 6.60. The molecule has 1 aromatic carbocycles. The van der Waals surface area contributed by atoms with Crippen LogP contribution in [-0.2, 0) is 10.0 Å². The Hall–Kier alpha value is -1.87. The van der Waals surface area contributed by atoms with Gasteiger partial charge in [-0.25, -0.2) is 22.4 Å². The Labute approximate surface area is 176 Å². The van der Waals surface area contributed by atoms with Crippen molar-refractivity contribution < 1.29 is 8.42 Å². The van der Waals surface area contributed by atoms with Crippen LogP contribution in [0.3, 0.4) is 0 Å². The Morgan fingerprint density at radius 2 is 1.75 bits per heavy atom. The normalized spacial score (nSPS) is 18.7. The molecule has 10 heteroatoms. The number of aromatic nitrogens is 3. The van der Waals surface area contributed by atoms with Crippen LogP contribution >= 0.6 is 24.8 Å². The first-order chi connectivity index (χ1) is 12.4. The van der Waals surface area contributed by atoms with E-state index in [0.717, 1.165) is 24.2 Å². The van der Waals surface area contributed by atoms with E-state index >= 15 is 0 Å². The van der Waals surface area contributed by atoms with Crippen molar-refractivity contribution in [3.8, 4) is 0 Å². The van der Waals surface area contributed by atoms with Crippen LogP contribution in [0.4, 0.5) is 5.82 Å². The maximum absolute atomic E-state index is 13.0. The average Bonchev–Trinajstić information content (AvgIpc) is 3.03. The Morgan fingerprint density at radius 3 is 2.36 bits per heavy atom. The van der Waals surface area contributed by atoms with Crippen LogP contribution in [-0.4, -0.2) is 41.5 Å². The predicted molar refractivity (Wildman–Crippen MR) is 115 cm³/mol. The number of hydrogen-bond acceptors (Lipinski definition) is 6. The molecule has 2 N–H and O–H groups in total. The van der Waals surface area contributed by atoms with Gasteiger partial charge in [-0.3, -0.25) is 0 Å². The third kappa shape index (κ3) is 3.69. The van der Waals surface area contributed by atoms with E-state index in [9.17, 15) is 8.42 Å². The van der Waals surface area contributed by atoms with E-state index in [2.05, 4.69) is 14.9 Å². The van der Waals surface area contributed by atoms with Crippen molar-refractivity contribution in [2.45, 2.75) is 36.7 Å². The molecule has 0 bridgehead atoms. The molecule has 1 saturated carbocycles. The molecule has 28 heavy (non-hydrogen) atoms. The van der Waals surface area contributed by atoms with Gasteiger partial charge in [-0.2, -0.15) is 0 Å². The van der Waals surface area contributed by atoms with Gasteiger partial charge in [-0.05, 0) is 38.0 Å². The maximum Gasteiger partial charge on any atom is 0.269 e. The minimum absolute atomic E-state index is 0. The zero-order valence-electron chi connectivity index (χ0n) is 15.5. The van der Waals surface area contributed by atoms with Crippen molar-refractivity contribution in [2.24, 2.45) is 5.73 Å². The summed E-state index contributed by atoms with van der Waals surface area (Å²) < 4.78 is 27.3. The van der Waals surface area contributed by atoms with Gasteiger partial charge in [0.05, 0.1) is 10.3 Å². The fraction of sp³-hybridized carbons (Fsp3) is 0.333. The number of halogens is 2. The zero-order valence-corrected chi connectivity index (χ0v) is 18.0. The van der Waals surface area contributed by atoms with Gasteiger partial charge in [0.15, 0.2) is 5.65 Å². The molecule has 2 heterocycles. The van der Waals surface area contributed by atoms with E-state index in [1.54, 1.807) is 36.5 Å². The van der Waals surface area contributed by atoms with Gasteiger partial charge in [-0.1, -0.05) is 17.7 Å². The molecule has 0 atom stereocenters. The number of nitrogens with two attached hydrogens (primary N) is 1. The van der Waals surface area contributed by atoms with Crippen LogP contribution in [0, 0.1) is 6.92 Å². The summed E-state index contributed by atoms with van der Waals surface area (Å²) in [6.45, 7) is 1.92. The molecule has 4 rings (SSSR count). The van der Waals surface area contributed by atoms with E-state index < -0.39 is 10.0 Å². The summed E-state index contributed by atoms with van der Waals surface area (Å²) in [5, 5.41) is 0.714. The maximum atomic E-state index is 13.0. The molecule has 0 amide bonds. The lowest BCUT2D eigenvalue weighted by molar-refractivity contribution is 0.339. The monoisotopic (exact) mass is 443 g/mol. The molecular weight excluding hydrogens is 421 g/mol. The van der Waals surface area contributed by atoms with E-state index in [1.807, 2.05) is 14.0 Å². The molecule has 1 fully saturated rings. The van der Waals surface area contributed by atoms with Crippen LogP contribution in [0.25, 0.3) is 11.0 Å². The lowest BCUT2D eigenvalue weighted by atomic mass is 9.86. The Balaban J connectivity index is 0.00000140. The molecule has 0 saturated heterocycles. The van der Waals surface area contributed by atoms with Gasteiger partial charge in [0.2, 0.25) is 0 Å². The summed E-state index contributed by atoms with van der Waals surface area (Å²) in [5.74, 6) is 0.727. The van der Waals surface area contributed by atoms with Crippen molar-refractivity contribution in [3.05, 3.63) is 48.4 Å². The first kappa shape index (κ1) is 22.4.